The Morgan fingerprint density at radius 3 is 1.57 bits per heavy atom. The van der Waals surface area contributed by atoms with E-state index in [1.165, 1.54) is 18.9 Å². The van der Waals surface area contributed by atoms with Gasteiger partial charge in [0.15, 0.2) is 0 Å². The minimum atomic E-state index is -0.925. The fourth-order valence-corrected chi connectivity index (χ4v) is 3.85. The lowest BCUT2D eigenvalue weighted by Crippen LogP contribution is -2.59. The second kappa shape index (κ2) is 16.2. The van der Waals surface area contributed by atoms with Crippen molar-refractivity contribution in [2.24, 2.45) is 17.8 Å². The lowest BCUT2D eigenvalue weighted by Gasteiger charge is -2.34. The summed E-state index contributed by atoms with van der Waals surface area (Å²) in [6, 6.07) is -3.80. The van der Waals surface area contributed by atoms with Crippen molar-refractivity contribution in [3.63, 3.8) is 0 Å². The molecule has 0 heterocycles. The van der Waals surface area contributed by atoms with E-state index in [1.807, 2.05) is 41.5 Å². The summed E-state index contributed by atoms with van der Waals surface area (Å²) in [4.78, 5) is 65.3. The fourth-order valence-electron chi connectivity index (χ4n) is 3.85. The maximum Gasteiger partial charge on any atom is 0.245 e. The van der Waals surface area contributed by atoms with Gasteiger partial charge in [0, 0.05) is 14.1 Å². The minimum Gasteiger partial charge on any atom is -0.357 e. The molecule has 0 aliphatic carbocycles. The molecule has 11 heteroatoms. The summed E-state index contributed by atoms with van der Waals surface area (Å²) in [5.74, 6) is -1.85. The molecule has 0 saturated carbocycles. The van der Waals surface area contributed by atoms with E-state index in [9.17, 15) is 24.0 Å². The van der Waals surface area contributed by atoms with Gasteiger partial charge in [0.25, 0.3) is 0 Å². The molecule has 0 aliphatic heterocycles. The summed E-state index contributed by atoms with van der Waals surface area (Å²) in [6.07, 6.45) is 0.982. The first-order valence-corrected chi connectivity index (χ1v) is 13.1. The molecule has 0 aromatic heterocycles. The van der Waals surface area contributed by atoms with E-state index in [1.54, 1.807) is 21.0 Å². The van der Waals surface area contributed by atoms with Crippen LogP contribution in [0.3, 0.4) is 0 Å². The number of amides is 5. The van der Waals surface area contributed by atoms with Gasteiger partial charge in [0.05, 0.1) is 6.04 Å². The van der Waals surface area contributed by atoms with Gasteiger partial charge < -0.3 is 31.5 Å². The average molecular weight is 527 g/mol. The molecular formula is C26H50N6O5. The molecule has 5 atom stereocenters. The number of rotatable bonds is 15. The van der Waals surface area contributed by atoms with E-state index >= 15 is 0 Å². The summed E-state index contributed by atoms with van der Waals surface area (Å²) in [5, 5.41) is 13.5. The van der Waals surface area contributed by atoms with Gasteiger partial charge >= 0.3 is 0 Å². The highest BCUT2D eigenvalue weighted by atomic mass is 16.2. The maximum absolute atomic E-state index is 13.5. The number of hydrogen-bond donors (Lipinski definition) is 5. The van der Waals surface area contributed by atoms with Gasteiger partial charge in [-0.25, -0.2) is 0 Å². The van der Waals surface area contributed by atoms with Crippen molar-refractivity contribution in [2.75, 3.05) is 21.1 Å². The summed E-state index contributed by atoms with van der Waals surface area (Å²) in [6.45, 7) is 14.6. The summed E-state index contributed by atoms with van der Waals surface area (Å²) < 4.78 is 0. The lowest BCUT2D eigenvalue weighted by molar-refractivity contribution is -0.144. The predicted octanol–water partition coefficient (Wildman–Crippen LogP) is 0.390. The van der Waals surface area contributed by atoms with Gasteiger partial charge in [-0.1, -0.05) is 41.5 Å². The van der Waals surface area contributed by atoms with E-state index in [0.717, 1.165) is 0 Å². The lowest BCUT2D eigenvalue weighted by atomic mass is 9.97. The third-order valence-electron chi connectivity index (χ3n) is 6.17. The van der Waals surface area contributed by atoms with Crippen molar-refractivity contribution in [1.82, 2.24) is 31.5 Å². The third-order valence-corrected chi connectivity index (χ3v) is 6.17. The van der Waals surface area contributed by atoms with E-state index in [-0.39, 0.29) is 35.5 Å². The molecule has 0 aromatic carbocycles. The van der Waals surface area contributed by atoms with Crippen LogP contribution in [0.1, 0.15) is 68.2 Å². The molecule has 11 nitrogen and oxygen atoms in total. The Morgan fingerprint density at radius 2 is 1.14 bits per heavy atom. The average Bonchev–Trinajstić information content (AvgIpc) is 2.81. The number of likely N-dealkylation sites (N-methyl/N-ethyl adjacent to an activating group) is 3. The van der Waals surface area contributed by atoms with Crippen LogP contribution in [-0.4, -0.2) is 85.8 Å². The Kier molecular flexibility index (Phi) is 15.0. The molecule has 37 heavy (non-hydrogen) atoms. The molecule has 0 aromatic rings. The SMILES string of the molecule is CNC(=O)[C@H](C)NC(=O)[C@@H](C)NC(=O)[C@H](CC(C)C)N(C)C(=O)[C@@H](NC(=O)[C@H](CC(C)C)NC)C(C)C. The first-order valence-electron chi connectivity index (χ1n) is 13.1. The van der Waals surface area contributed by atoms with Gasteiger partial charge in [-0.05, 0) is 51.5 Å². The molecule has 0 radical (unpaired) electrons. The third kappa shape index (κ3) is 11.5. The summed E-state index contributed by atoms with van der Waals surface area (Å²) >= 11 is 0. The van der Waals surface area contributed by atoms with Gasteiger partial charge in [-0.15, -0.1) is 0 Å². The molecule has 214 valence electrons. The van der Waals surface area contributed by atoms with Crippen LogP contribution in [0.4, 0.5) is 0 Å². The first-order chi connectivity index (χ1) is 17.1. The topological polar surface area (TPSA) is 149 Å². The van der Waals surface area contributed by atoms with Crippen LogP contribution in [0.5, 0.6) is 0 Å². The zero-order chi connectivity index (χ0) is 29.0. The molecule has 5 N–H and O–H groups in total. The monoisotopic (exact) mass is 526 g/mol. The first kappa shape index (κ1) is 34.3. The summed E-state index contributed by atoms with van der Waals surface area (Å²) in [7, 11) is 4.72. The predicted molar refractivity (Wildman–Crippen MR) is 144 cm³/mol. The van der Waals surface area contributed by atoms with Gasteiger partial charge in [-0.2, -0.15) is 0 Å². The Balaban J connectivity index is 5.65. The van der Waals surface area contributed by atoms with Gasteiger partial charge in [-0.3, -0.25) is 24.0 Å². The Bertz CT molecular complexity index is 785. The second-order valence-electron chi connectivity index (χ2n) is 10.9. The van der Waals surface area contributed by atoms with Crippen LogP contribution in [-0.2, 0) is 24.0 Å². The minimum absolute atomic E-state index is 0.0789. The van der Waals surface area contributed by atoms with Gasteiger partial charge in [0.2, 0.25) is 29.5 Å². The van der Waals surface area contributed by atoms with Crippen LogP contribution in [0.2, 0.25) is 0 Å². The molecule has 0 bridgehead atoms. The normalized spacial score (nSPS) is 15.4. The number of carbonyl (C=O) groups is 5. The highest BCUT2D eigenvalue weighted by Gasteiger charge is 2.36. The molecule has 0 aliphatic rings. The maximum atomic E-state index is 13.5. The molecule has 0 rings (SSSR count). The van der Waals surface area contributed by atoms with E-state index in [4.69, 9.17) is 0 Å². The summed E-state index contributed by atoms with van der Waals surface area (Å²) in [5.41, 5.74) is 0. The highest BCUT2D eigenvalue weighted by molar-refractivity contribution is 5.95. The van der Waals surface area contributed by atoms with Crippen molar-refractivity contribution in [3.8, 4) is 0 Å². The Morgan fingerprint density at radius 1 is 0.649 bits per heavy atom. The van der Waals surface area contributed by atoms with Crippen molar-refractivity contribution in [2.45, 2.75) is 98.4 Å². The Hall–Kier alpha value is -2.69. The van der Waals surface area contributed by atoms with Crippen molar-refractivity contribution in [3.05, 3.63) is 0 Å². The molecule has 0 fully saturated rings. The highest BCUT2D eigenvalue weighted by Crippen LogP contribution is 2.15. The second-order valence-corrected chi connectivity index (χ2v) is 10.9. The van der Waals surface area contributed by atoms with Crippen LogP contribution < -0.4 is 26.6 Å². The molecule has 0 unspecified atom stereocenters. The number of hydrogen-bond acceptors (Lipinski definition) is 6. The number of carbonyl (C=O) groups excluding carboxylic acids is 5. The molecule has 0 spiro atoms. The van der Waals surface area contributed by atoms with E-state index in [2.05, 4.69) is 26.6 Å². The van der Waals surface area contributed by atoms with Crippen LogP contribution >= 0.6 is 0 Å². The fraction of sp³-hybridized carbons (Fsp3) is 0.808. The van der Waals surface area contributed by atoms with Crippen LogP contribution in [0.25, 0.3) is 0 Å². The number of nitrogens with zero attached hydrogens (tertiary/aromatic N) is 1. The number of nitrogens with one attached hydrogen (secondary N) is 5. The van der Waals surface area contributed by atoms with Crippen LogP contribution in [0, 0.1) is 17.8 Å². The largest absolute Gasteiger partial charge is 0.357 e. The van der Waals surface area contributed by atoms with Crippen molar-refractivity contribution < 1.29 is 24.0 Å². The van der Waals surface area contributed by atoms with Crippen molar-refractivity contribution >= 4 is 29.5 Å². The smallest absolute Gasteiger partial charge is 0.245 e. The molecule has 5 amide bonds. The van der Waals surface area contributed by atoms with E-state index in [0.29, 0.717) is 12.8 Å². The standard InChI is InChI=1S/C26H50N6O5/c1-14(2)12-19(27-9)24(35)31-21(16(5)6)26(37)32(11)20(13-15(3)4)25(36)30-18(8)23(34)29-17(7)22(33)28-10/h14-21,27H,12-13H2,1-11H3,(H,28,33)(H,29,34)(H,30,36)(H,31,35)/t17-,18+,19-,20-,21-/m0/s1. The van der Waals surface area contributed by atoms with Crippen LogP contribution in [0.15, 0.2) is 0 Å². The molecular weight excluding hydrogens is 476 g/mol. The quantitative estimate of drug-likeness (QED) is 0.208. The molecule has 0 saturated heterocycles. The van der Waals surface area contributed by atoms with E-state index < -0.39 is 42.0 Å². The zero-order valence-electron chi connectivity index (χ0n) is 24.5. The van der Waals surface area contributed by atoms with Crippen molar-refractivity contribution in [1.29, 1.82) is 0 Å². The Labute approximate surface area is 222 Å². The van der Waals surface area contributed by atoms with Gasteiger partial charge in [0.1, 0.15) is 24.2 Å². The zero-order valence-corrected chi connectivity index (χ0v) is 24.5.